The van der Waals surface area contributed by atoms with Gasteiger partial charge in [-0.05, 0) is 34.2 Å². The van der Waals surface area contributed by atoms with Gasteiger partial charge in [-0.25, -0.2) is 0 Å². The Hall–Kier alpha value is -0.0800. The maximum Gasteiger partial charge on any atom is 0.0664 e. The molecule has 0 aliphatic carbocycles. The fourth-order valence-corrected chi connectivity index (χ4v) is 1.36. The molecule has 3 atom stereocenters. The van der Waals surface area contributed by atoms with Crippen molar-refractivity contribution >= 4 is 0 Å². The maximum atomic E-state index is 9.37. The van der Waals surface area contributed by atoms with Gasteiger partial charge >= 0.3 is 0 Å². The predicted octanol–water partition coefficient (Wildman–Crippen LogP) is 1.88. The molecule has 0 aromatic rings. The van der Waals surface area contributed by atoms with E-state index in [1.165, 1.54) is 12.8 Å². The number of likely N-dealkylation sites (N-methyl/N-ethyl adjacent to an activating group) is 1. The summed E-state index contributed by atoms with van der Waals surface area (Å²) in [5.74, 6) is 0. The summed E-state index contributed by atoms with van der Waals surface area (Å²) in [5.41, 5.74) is 0. The molecule has 3 unspecified atom stereocenters. The highest BCUT2D eigenvalue weighted by molar-refractivity contribution is 4.73. The highest BCUT2D eigenvalue weighted by Crippen LogP contribution is 2.10. The third kappa shape index (κ3) is 3.55. The standard InChI is InChI=1S/C10H23NO/c1-6-7-8(2)11(5)9(3)10(4)12/h8-10,12H,6-7H2,1-5H3. The Bertz CT molecular complexity index is 114. The molecule has 12 heavy (non-hydrogen) atoms. The highest BCUT2D eigenvalue weighted by Gasteiger charge is 2.18. The molecular weight excluding hydrogens is 150 g/mol. The predicted molar refractivity (Wildman–Crippen MR) is 53.3 cm³/mol. The van der Waals surface area contributed by atoms with E-state index in [1.54, 1.807) is 0 Å². The highest BCUT2D eigenvalue weighted by atomic mass is 16.3. The molecule has 0 aliphatic rings. The van der Waals surface area contributed by atoms with Crippen molar-refractivity contribution in [1.82, 2.24) is 4.90 Å². The first-order chi connectivity index (χ1) is 5.50. The van der Waals surface area contributed by atoms with Crippen molar-refractivity contribution < 1.29 is 5.11 Å². The van der Waals surface area contributed by atoms with Gasteiger partial charge in [0, 0.05) is 12.1 Å². The largest absolute Gasteiger partial charge is 0.392 e. The number of hydrogen-bond donors (Lipinski definition) is 1. The van der Waals surface area contributed by atoms with Gasteiger partial charge in [0.05, 0.1) is 6.10 Å². The third-order valence-electron chi connectivity index (χ3n) is 2.74. The van der Waals surface area contributed by atoms with Gasteiger partial charge in [0.1, 0.15) is 0 Å². The Morgan fingerprint density at radius 3 is 2.08 bits per heavy atom. The second-order valence-corrected chi connectivity index (χ2v) is 3.78. The van der Waals surface area contributed by atoms with Crippen molar-refractivity contribution in [3.63, 3.8) is 0 Å². The van der Waals surface area contributed by atoms with Gasteiger partial charge in [-0.3, -0.25) is 4.90 Å². The Morgan fingerprint density at radius 1 is 1.25 bits per heavy atom. The zero-order valence-corrected chi connectivity index (χ0v) is 9.04. The van der Waals surface area contributed by atoms with Crippen molar-refractivity contribution in [2.75, 3.05) is 7.05 Å². The number of aliphatic hydroxyl groups is 1. The molecule has 0 radical (unpaired) electrons. The molecule has 0 rings (SSSR count). The maximum absolute atomic E-state index is 9.37. The summed E-state index contributed by atoms with van der Waals surface area (Å²) < 4.78 is 0. The number of nitrogens with zero attached hydrogens (tertiary/aromatic N) is 1. The first-order valence-electron chi connectivity index (χ1n) is 4.90. The average molecular weight is 173 g/mol. The summed E-state index contributed by atoms with van der Waals surface area (Å²) in [6.45, 7) is 8.32. The van der Waals surface area contributed by atoms with Crippen LogP contribution in [0.1, 0.15) is 40.5 Å². The van der Waals surface area contributed by atoms with Crippen LogP contribution >= 0.6 is 0 Å². The Kier molecular flexibility index (Phi) is 5.51. The lowest BCUT2D eigenvalue weighted by atomic mass is 10.1. The van der Waals surface area contributed by atoms with Gasteiger partial charge < -0.3 is 5.11 Å². The molecule has 0 aliphatic heterocycles. The van der Waals surface area contributed by atoms with Gasteiger partial charge in [0.2, 0.25) is 0 Å². The molecule has 0 fully saturated rings. The van der Waals surface area contributed by atoms with E-state index in [0.717, 1.165) is 0 Å². The second-order valence-electron chi connectivity index (χ2n) is 3.78. The number of hydrogen-bond acceptors (Lipinski definition) is 2. The average Bonchev–Trinajstić information content (AvgIpc) is 2.02. The van der Waals surface area contributed by atoms with Gasteiger partial charge in [-0.15, -0.1) is 0 Å². The van der Waals surface area contributed by atoms with Gasteiger partial charge in [0.25, 0.3) is 0 Å². The van der Waals surface area contributed by atoms with Crippen molar-refractivity contribution in [2.24, 2.45) is 0 Å². The molecule has 2 nitrogen and oxygen atoms in total. The molecule has 0 aromatic carbocycles. The molecule has 0 saturated carbocycles. The van der Waals surface area contributed by atoms with E-state index in [-0.39, 0.29) is 12.1 Å². The first-order valence-corrected chi connectivity index (χ1v) is 4.90. The minimum atomic E-state index is -0.241. The zero-order valence-electron chi connectivity index (χ0n) is 9.04. The van der Waals surface area contributed by atoms with E-state index in [2.05, 4.69) is 32.7 Å². The van der Waals surface area contributed by atoms with Crippen LogP contribution in [0.3, 0.4) is 0 Å². The molecule has 2 heteroatoms. The number of aliphatic hydroxyl groups excluding tert-OH is 1. The van der Waals surface area contributed by atoms with Crippen LogP contribution in [0, 0.1) is 0 Å². The Balaban J connectivity index is 3.90. The van der Waals surface area contributed by atoms with Crippen molar-refractivity contribution in [2.45, 2.75) is 58.7 Å². The third-order valence-corrected chi connectivity index (χ3v) is 2.74. The minimum Gasteiger partial charge on any atom is -0.392 e. The lowest BCUT2D eigenvalue weighted by Crippen LogP contribution is -2.42. The molecule has 1 N–H and O–H groups in total. The first kappa shape index (κ1) is 11.9. The Morgan fingerprint density at radius 2 is 1.75 bits per heavy atom. The quantitative estimate of drug-likeness (QED) is 0.686. The van der Waals surface area contributed by atoms with E-state index in [0.29, 0.717) is 6.04 Å². The molecule has 0 aromatic heterocycles. The van der Waals surface area contributed by atoms with E-state index < -0.39 is 0 Å². The normalized spacial score (nSPS) is 19.2. The van der Waals surface area contributed by atoms with E-state index >= 15 is 0 Å². The van der Waals surface area contributed by atoms with Crippen LogP contribution in [0.4, 0.5) is 0 Å². The fraction of sp³-hybridized carbons (Fsp3) is 1.00. The molecule has 0 amide bonds. The second kappa shape index (κ2) is 5.55. The topological polar surface area (TPSA) is 23.5 Å². The van der Waals surface area contributed by atoms with Crippen LogP contribution < -0.4 is 0 Å². The van der Waals surface area contributed by atoms with Crippen molar-refractivity contribution in [3.8, 4) is 0 Å². The number of rotatable bonds is 5. The van der Waals surface area contributed by atoms with Gasteiger partial charge in [-0.2, -0.15) is 0 Å². The summed E-state index contributed by atoms with van der Waals surface area (Å²) in [6.07, 6.45) is 2.17. The Labute approximate surface area is 76.6 Å². The summed E-state index contributed by atoms with van der Waals surface area (Å²) in [7, 11) is 2.08. The minimum absolute atomic E-state index is 0.241. The molecule has 0 bridgehead atoms. The summed E-state index contributed by atoms with van der Waals surface area (Å²) in [5, 5.41) is 9.37. The van der Waals surface area contributed by atoms with E-state index in [4.69, 9.17) is 0 Å². The van der Waals surface area contributed by atoms with E-state index in [9.17, 15) is 5.11 Å². The smallest absolute Gasteiger partial charge is 0.0664 e. The summed E-state index contributed by atoms with van der Waals surface area (Å²) >= 11 is 0. The van der Waals surface area contributed by atoms with Gasteiger partial charge in [-0.1, -0.05) is 13.3 Å². The molecule has 74 valence electrons. The lowest BCUT2D eigenvalue weighted by molar-refractivity contribution is 0.0633. The summed E-state index contributed by atoms with van der Waals surface area (Å²) in [6, 6.07) is 0.825. The van der Waals surface area contributed by atoms with Crippen LogP contribution in [0.2, 0.25) is 0 Å². The van der Waals surface area contributed by atoms with Gasteiger partial charge in [0.15, 0.2) is 0 Å². The van der Waals surface area contributed by atoms with Crippen LogP contribution in [0.15, 0.2) is 0 Å². The zero-order chi connectivity index (χ0) is 9.72. The molecule has 0 heterocycles. The van der Waals surface area contributed by atoms with Crippen molar-refractivity contribution in [1.29, 1.82) is 0 Å². The summed E-state index contributed by atoms with van der Waals surface area (Å²) in [4.78, 5) is 2.24. The molecular formula is C10H23NO. The van der Waals surface area contributed by atoms with Crippen LogP contribution in [-0.4, -0.2) is 35.2 Å². The van der Waals surface area contributed by atoms with Crippen LogP contribution in [0.5, 0.6) is 0 Å². The lowest BCUT2D eigenvalue weighted by Gasteiger charge is -2.32. The fourth-order valence-electron chi connectivity index (χ4n) is 1.36. The molecule has 0 saturated heterocycles. The van der Waals surface area contributed by atoms with E-state index in [1.807, 2.05) is 6.92 Å². The molecule has 0 spiro atoms. The van der Waals surface area contributed by atoms with Crippen LogP contribution in [-0.2, 0) is 0 Å². The van der Waals surface area contributed by atoms with Crippen LogP contribution in [0.25, 0.3) is 0 Å². The van der Waals surface area contributed by atoms with Crippen molar-refractivity contribution in [3.05, 3.63) is 0 Å². The monoisotopic (exact) mass is 173 g/mol. The SMILES string of the molecule is CCCC(C)N(C)C(C)C(C)O.